The molecule has 0 aliphatic carbocycles. The predicted molar refractivity (Wildman–Crippen MR) is 86.6 cm³/mol. The minimum atomic E-state index is -0.444. The van der Waals surface area contributed by atoms with Gasteiger partial charge in [-0.3, -0.25) is 0 Å². The third kappa shape index (κ3) is 7.14. The molecule has 0 bridgehead atoms. The van der Waals surface area contributed by atoms with Gasteiger partial charge in [-0.2, -0.15) is 0 Å². The Morgan fingerprint density at radius 1 is 1.45 bits per heavy atom. The number of carbonyl (C=O) groups excluding carboxylic acids is 1. The van der Waals surface area contributed by atoms with Gasteiger partial charge in [0.15, 0.2) is 3.77 Å². The Labute approximate surface area is 134 Å². The number of hydrogen-bond acceptors (Lipinski definition) is 4. The third-order valence-corrected chi connectivity index (χ3v) is 3.06. The highest BCUT2D eigenvalue weighted by atomic mass is 127. The summed E-state index contributed by atoms with van der Waals surface area (Å²) in [7, 11) is 1.75. The molecule has 0 saturated carbocycles. The Kier molecular flexibility index (Phi) is 6.81. The molecule has 1 heterocycles. The van der Waals surface area contributed by atoms with Crippen molar-refractivity contribution in [2.75, 3.05) is 20.1 Å². The fraction of sp³-hybridized carbons (Fsp3) is 0.643. The van der Waals surface area contributed by atoms with Gasteiger partial charge < -0.3 is 19.4 Å². The first-order valence-electron chi connectivity index (χ1n) is 6.67. The maximum absolute atomic E-state index is 11.7. The standard InChI is InChI=1S/C14H23IN2O3/c1-14(2,3)20-13(18)17(4)9-5-8-16-10-11-6-7-12(15)19-11/h6-7,16H,5,8-10H2,1-4H3. The fourth-order valence-corrected chi connectivity index (χ4v) is 1.99. The average molecular weight is 394 g/mol. The molecule has 0 aromatic carbocycles. The van der Waals surface area contributed by atoms with Gasteiger partial charge in [0.25, 0.3) is 0 Å². The number of carbonyl (C=O) groups is 1. The SMILES string of the molecule is CN(CCCNCc1ccc(I)o1)C(=O)OC(C)(C)C. The molecule has 0 radical (unpaired) electrons. The Bertz CT molecular complexity index is 426. The van der Waals surface area contributed by atoms with E-state index in [1.165, 1.54) is 0 Å². The first kappa shape index (κ1) is 17.3. The van der Waals surface area contributed by atoms with Crippen molar-refractivity contribution in [3.05, 3.63) is 21.7 Å². The maximum Gasteiger partial charge on any atom is 0.410 e. The van der Waals surface area contributed by atoms with Crippen molar-refractivity contribution in [1.29, 1.82) is 0 Å². The lowest BCUT2D eigenvalue weighted by atomic mass is 10.2. The number of hydrogen-bond donors (Lipinski definition) is 1. The maximum atomic E-state index is 11.7. The monoisotopic (exact) mass is 394 g/mol. The molecule has 20 heavy (non-hydrogen) atoms. The van der Waals surface area contributed by atoms with Crippen LogP contribution in [0.1, 0.15) is 33.0 Å². The molecule has 0 aliphatic rings. The number of amides is 1. The van der Waals surface area contributed by atoms with Crippen molar-refractivity contribution >= 4 is 28.7 Å². The first-order valence-corrected chi connectivity index (χ1v) is 7.75. The van der Waals surface area contributed by atoms with E-state index in [9.17, 15) is 4.79 Å². The van der Waals surface area contributed by atoms with Gasteiger partial charge in [0.1, 0.15) is 11.4 Å². The molecule has 1 aromatic rings. The molecule has 0 fully saturated rings. The molecule has 0 spiro atoms. The lowest BCUT2D eigenvalue weighted by Crippen LogP contribution is -2.35. The van der Waals surface area contributed by atoms with Crippen LogP contribution in [-0.2, 0) is 11.3 Å². The smallest absolute Gasteiger partial charge is 0.410 e. The van der Waals surface area contributed by atoms with Crippen LogP contribution >= 0.6 is 22.6 Å². The summed E-state index contributed by atoms with van der Waals surface area (Å²) in [5.74, 6) is 0.926. The number of nitrogens with one attached hydrogen (secondary N) is 1. The van der Waals surface area contributed by atoms with Crippen LogP contribution < -0.4 is 5.32 Å². The van der Waals surface area contributed by atoms with Crippen molar-refractivity contribution in [3.8, 4) is 0 Å². The van der Waals surface area contributed by atoms with Crippen molar-refractivity contribution in [1.82, 2.24) is 10.2 Å². The van der Waals surface area contributed by atoms with Crippen LogP contribution in [0.5, 0.6) is 0 Å². The zero-order chi connectivity index (χ0) is 15.2. The molecule has 5 nitrogen and oxygen atoms in total. The van der Waals surface area contributed by atoms with Crippen LogP contribution in [0.3, 0.4) is 0 Å². The summed E-state index contributed by atoms with van der Waals surface area (Å²) < 4.78 is 11.6. The van der Waals surface area contributed by atoms with Crippen molar-refractivity contribution in [2.24, 2.45) is 0 Å². The largest absolute Gasteiger partial charge is 0.454 e. The number of nitrogens with zero attached hydrogens (tertiary/aromatic N) is 1. The molecule has 1 aromatic heterocycles. The van der Waals surface area contributed by atoms with Crippen LogP contribution in [0, 0.1) is 3.77 Å². The molecule has 1 N–H and O–H groups in total. The van der Waals surface area contributed by atoms with Gasteiger partial charge in [0, 0.05) is 13.6 Å². The summed E-state index contributed by atoms with van der Waals surface area (Å²) >= 11 is 2.14. The highest BCUT2D eigenvalue weighted by Gasteiger charge is 2.18. The normalized spacial score (nSPS) is 11.4. The van der Waals surface area contributed by atoms with Crippen LogP contribution in [0.25, 0.3) is 0 Å². The summed E-state index contributed by atoms with van der Waals surface area (Å²) in [5.41, 5.74) is -0.444. The van der Waals surface area contributed by atoms with Crippen LogP contribution in [-0.4, -0.2) is 36.7 Å². The molecular formula is C14H23IN2O3. The molecule has 0 unspecified atom stereocenters. The van der Waals surface area contributed by atoms with E-state index < -0.39 is 5.60 Å². The van der Waals surface area contributed by atoms with E-state index >= 15 is 0 Å². The highest BCUT2D eigenvalue weighted by Crippen LogP contribution is 2.10. The minimum absolute atomic E-state index is 0.280. The second kappa shape index (κ2) is 7.87. The summed E-state index contributed by atoms with van der Waals surface area (Å²) in [6.45, 7) is 7.79. The molecule has 0 atom stereocenters. The van der Waals surface area contributed by atoms with Crippen LogP contribution in [0.15, 0.2) is 16.5 Å². The van der Waals surface area contributed by atoms with E-state index in [2.05, 4.69) is 27.9 Å². The van der Waals surface area contributed by atoms with E-state index in [0.29, 0.717) is 13.1 Å². The second-order valence-electron chi connectivity index (χ2n) is 5.64. The zero-order valence-corrected chi connectivity index (χ0v) is 14.7. The first-order chi connectivity index (χ1) is 9.28. The predicted octanol–water partition coefficient (Wildman–Crippen LogP) is 3.23. The lowest BCUT2D eigenvalue weighted by molar-refractivity contribution is 0.0297. The topological polar surface area (TPSA) is 54.7 Å². The van der Waals surface area contributed by atoms with E-state index in [0.717, 1.165) is 22.5 Å². The van der Waals surface area contributed by atoms with E-state index in [1.807, 2.05) is 32.9 Å². The molecular weight excluding hydrogens is 371 g/mol. The third-order valence-electron chi connectivity index (χ3n) is 2.48. The molecule has 114 valence electrons. The van der Waals surface area contributed by atoms with Gasteiger partial charge in [-0.05, 0) is 68.5 Å². The summed E-state index contributed by atoms with van der Waals surface area (Å²) in [5, 5.41) is 3.28. The van der Waals surface area contributed by atoms with Crippen molar-refractivity contribution in [3.63, 3.8) is 0 Å². The molecule has 6 heteroatoms. The summed E-state index contributed by atoms with van der Waals surface area (Å²) in [6, 6.07) is 3.90. The van der Waals surface area contributed by atoms with Crippen LogP contribution in [0.2, 0.25) is 0 Å². The van der Waals surface area contributed by atoms with E-state index in [4.69, 9.17) is 9.15 Å². The van der Waals surface area contributed by atoms with Gasteiger partial charge >= 0.3 is 6.09 Å². The van der Waals surface area contributed by atoms with Gasteiger partial charge in [-0.25, -0.2) is 4.79 Å². The minimum Gasteiger partial charge on any atom is -0.454 e. The zero-order valence-electron chi connectivity index (χ0n) is 12.5. The van der Waals surface area contributed by atoms with Gasteiger partial charge in [0.05, 0.1) is 6.54 Å². The van der Waals surface area contributed by atoms with E-state index in [-0.39, 0.29) is 6.09 Å². The number of furan rings is 1. The Morgan fingerprint density at radius 3 is 2.70 bits per heavy atom. The Balaban J connectivity index is 2.13. The van der Waals surface area contributed by atoms with Gasteiger partial charge in [-0.15, -0.1) is 0 Å². The quantitative estimate of drug-likeness (QED) is 0.595. The molecule has 0 aliphatic heterocycles. The lowest BCUT2D eigenvalue weighted by Gasteiger charge is -2.24. The second-order valence-corrected chi connectivity index (χ2v) is 6.70. The number of rotatable bonds is 6. The Hall–Kier alpha value is -0.760. The van der Waals surface area contributed by atoms with Gasteiger partial charge in [-0.1, -0.05) is 0 Å². The van der Waals surface area contributed by atoms with Gasteiger partial charge in [0.2, 0.25) is 0 Å². The molecule has 0 saturated heterocycles. The van der Waals surface area contributed by atoms with Crippen LogP contribution in [0.4, 0.5) is 4.79 Å². The van der Waals surface area contributed by atoms with Crippen molar-refractivity contribution in [2.45, 2.75) is 39.3 Å². The molecule has 1 amide bonds. The Morgan fingerprint density at radius 2 is 2.15 bits per heavy atom. The van der Waals surface area contributed by atoms with E-state index in [1.54, 1.807) is 11.9 Å². The molecule has 1 rings (SSSR count). The number of ether oxygens (including phenoxy) is 1. The highest BCUT2D eigenvalue weighted by molar-refractivity contribution is 14.1. The summed E-state index contributed by atoms with van der Waals surface area (Å²) in [6.07, 6.45) is 0.589. The average Bonchev–Trinajstić information content (AvgIpc) is 2.72. The summed E-state index contributed by atoms with van der Waals surface area (Å²) in [4.78, 5) is 13.3. The van der Waals surface area contributed by atoms with Crippen molar-refractivity contribution < 1.29 is 13.9 Å². The number of halogens is 1. The fourth-order valence-electron chi connectivity index (χ4n) is 1.53.